The van der Waals surface area contributed by atoms with E-state index >= 15 is 0 Å². The summed E-state index contributed by atoms with van der Waals surface area (Å²) in [5.41, 5.74) is 0.971. The van der Waals surface area contributed by atoms with Crippen molar-refractivity contribution in [3.05, 3.63) is 71.8 Å². The average molecular weight is 292 g/mol. The summed E-state index contributed by atoms with van der Waals surface area (Å²) in [4.78, 5) is 2.09. The molecule has 0 unspecified atom stereocenters. The summed E-state index contributed by atoms with van der Waals surface area (Å²) in [7, 11) is 4.05. The van der Waals surface area contributed by atoms with E-state index in [-0.39, 0.29) is 12.4 Å². The molecule has 2 nitrogen and oxygen atoms in total. The summed E-state index contributed by atoms with van der Waals surface area (Å²) in [5.74, 6) is 0. The van der Waals surface area contributed by atoms with Gasteiger partial charge in [-0.05, 0) is 31.6 Å². The molecule has 0 saturated carbocycles. The third-order valence-corrected chi connectivity index (χ3v) is 3.42. The topological polar surface area (TPSA) is 23.5 Å². The molecule has 20 heavy (non-hydrogen) atoms. The molecule has 0 aliphatic carbocycles. The van der Waals surface area contributed by atoms with Gasteiger partial charge in [0.2, 0.25) is 0 Å². The van der Waals surface area contributed by atoms with Gasteiger partial charge in [-0.2, -0.15) is 0 Å². The van der Waals surface area contributed by atoms with Crippen molar-refractivity contribution < 1.29 is 5.11 Å². The van der Waals surface area contributed by atoms with Crippen LogP contribution in [-0.2, 0) is 5.60 Å². The van der Waals surface area contributed by atoms with Gasteiger partial charge in [-0.1, -0.05) is 60.7 Å². The maximum atomic E-state index is 11.2. The second kappa shape index (κ2) is 7.44. The Morgan fingerprint density at radius 1 is 0.850 bits per heavy atom. The van der Waals surface area contributed by atoms with E-state index in [0.29, 0.717) is 6.42 Å². The number of rotatable bonds is 5. The molecule has 2 aromatic carbocycles. The van der Waals surface area contributed by atoms with Crippen LogP contribution in [0.25, 0.3) is 0 Å². The smallest absolute Gasteiger partial charge is 0.116 e. The predicted molar refractivity (Wildman–Crippen MR) is 86.3 cm³/mol. The Labute approximate surface area is 127 Å². The van der Waals surface area contributed by atoms with Gasteiger partial charge < -0.3 is 10.0 Å². The summed E-state index contributed by atoms with van der Waals surface area (Å²) in [6, 6.07) is 19.8. The van der Waals surface area contributed by atoms with E-state index in [9.17, 15) is 5.11 Å². The lowest BCUT2D eigenvalue weighted by atomic mass is 9.83. The largest absolute Gasteiger partial charge is 0.380 e. The maximum absolute atomic E-state index is 11.2. The quantitative estimate of drug-likeness (QED) is 0.914. The molecule has 2 rings (SSSR count). The molecule has 0 heterocycles. The first-order valence-corrected chi connectivity index (χ1v) is 6.61. The lowest BCUT2D eigenvalue weighted by Crippen LogP contribution is -2.31. The first kappa shape index (κ1) is 16.7. The van der Waals surface area contributed by atoms with Crippen LogP contribution in [0, 0.1) is 0 Å². The third kappa shape index (κ3) is 3.83. The van der Waals surface area contributed by atoms with E-state index in [0.717, 1.165) is 17.7 Å². The minimum atomic E-state index is -0.924. The average Bonchev–Trinajstić information content (AvgIpc) is 2.46. The van der Waals surface area contributed by atoms with Crippen molar-refractivity contribution in [3.8, 4) is 0 Å². The highest BCUT2D eigenvalue weighted by molar-refractivity contribution is 5.85. The zero-order valence-corrected chi connectivity index (χ0v) is 12.8. The van der Waals surface area contributed by atoms with Crippen molar-refractivity contribution >= 4 is 12.4 Å². The molecule has 2 aromatic rings. The number of benzene rings is 2. The molecule has 0 saturated heterocycles. The summed E-state index contributed by atoms with van der Waals surface area (Å²) in [6.07, 6.45) is 0.675. The lowest BCUT2D eigenvalue weighted by molar-refractivity contribution is 0.0629. The van der Waals surface area contributed by atoms with Gasteiger partial charge in [0.15, 0.2) is 0 Å². The van der Waals surface area contributed by atoms with E-state index < -0.39 is 5.60 Å². The first-order valence-electron chi connectivity index (χ1n) is 6.61. The van der Waals surface area contributed by atoms with Gasteiger partial charge in [-0.15, -0.1) is 12.4 Å². The second-order valence-corrected chi connectivity index (χ2v) is 5.15. The van der Waals surface area contributed by atoms with Crippen LogP contribution >= 0.6 is 12.4 Å². The monoisotopic (exact) mass is 291 g/mol. The Morgan fingerprint density at radius 3 is 1.60 bits per heavy atom. The van der Waals surface area contributed by atoms with Gasteiger partial charge in [0.05, 0.1) is 0 Å². The summed E-state index contributed by atoms with van der Waals surface area (Å²) < 4.78 is 0. The van der Waals surface area contributed by atoms with Gasteiger partial charge >= 0.3 is 0 Å². The van der Waals surface area contributed by atoms with E-state index in [2.05, 4.69) is 4.90 Å². The van der Waals surface area contributed by atoms with Crippen LogP contribution in [0.4, 0.5) is 0 Å². The Morgan fingerprint density at radius 2 is 1.25 bits per heavy atom. The van der Waals surface area contributed by atoms with Gasteiger partial charge in [-0.25, -0.2) is 0 Å². The fraction of sp³-hybridized carbons (Fsp3) is 0.294. The minimum Gasteiger partial charge on any atom is -0.380 e. The van der Waals surface area contributed by atoms with Crippen LogP contribution in [0.2, 0.25) is 0 Å². The molecule has 3 heteroatoms. The fourth-order valence-corrected chi connectivity index (χ4v) is 2.27. The van der Waals surface area contributed by atoms with Crippen molar-refractivity contribution in [1.82, 2.24) is 4.90 Å². The normalized spacial score (nSPS) is 11.2. The van der Waals surface area contributed by atoms with Crippen molar-refractivity contribution in [2.75, 3.05) is 20.6 Å². The molecule has 0 atom stereocenters. The van der Waals surface area contributed by atoms with Gasteiger partial charge in [-0.3, -0.25) is 0 Å². The number of nitrogens with zero attached hydrogens (tertiary/aromatic N) is 1. The molecule has 0 bridgehead atoms. The van der Waals surface area contributed by atoms with Crippen LogP contribution in [0.3, 0.4) is 0 Å². The van der Waals surface area contributed by atoms with Gasteiger partial charge in [0, 0.05) is 6.54 Å². The van der Waals surface area contributed by atoms with E-state index in [1.54, 1.807) is 0 Å². The SMILES string of the molecule is CN(C)CCC(O)(c1ccccc1)c1ccccc1.Cl. The second-order valence-electron chi connectivity index (χ2n) is 5.15. The molecule has 0 aliphatic rings. The van der Waals surface area contributed by atoms with E-state index in [1.807, 2.05) is 74.8 Å². The number of hydrogen-bond donors (Lipinski definition) is 1. The van der Waals surface area contributed by atoms with E-state index in [1.165, 1.54) is 0 Å². The Kier molecular flexibility index (Phi) is 6.21. The zero-order valence-electron chi connectivity index (χ0n) is 12.0. The summed E-state index contributed by atoms with van der Waals surface area (Å²) in [6.45, 7) is 0.834. The van der Waals surface area contributed by atoms with Crippen molar-refractivity contribution in [3.63, 3.8) is 0 Å². The number of hydrogen-bond acceptors (Lipinski definition) is 2. The highest BCUT2D eigenvalue weighted by Crippen LogP contribution is 2.32. The Balaban J connectivity index is 0.00000200. The Bertz CT molecular complexity index is 459. The molecule has 0 spiro atoms. The fourth-order valence-electron chi connectivity index (χ4n) is 2.27. The lowest BCUT2D eigenvalue weighted by Gasteiger charge is -2.30. The summed E-state index contributed by atoms with van der Waals surface area (Å²) in [5, 5.41) is 11.2. The predicted octanol–water partition coefficient (Wildman–Crippen LogP) is 3.30. The highest BCUT2D eigenvalue weighted by atomic mass is 35.5. The molecular formula is C17H22ClNO. The molecule has 0 aliphatic heterocycles. The van der Waals surface area contributed by atoms with Gasteiger partial charge in [0.1, 0.15) is 5.60 Å². The highest BCUT2D eigenvalue weighted by Gasteiger charge is 2.30. The van der Waals surface area contributed by atoms with Crippen molar-refractivity contribution in [1.29, 1.82) is 0 Å². The standard InChI is InChI=1S/C17H21NO.ClH/c1-18(2)14-13-17(19,15-9-5-3-6-10-15)16-11-7-4-8-12-16;/h3-12,19H,13-14H2,1-2H3;1H. The van der Waals surface area contributed by atoms with E-state index in [4.69, 9.17) is 0 Å². The Hall–Kier alpha value is -1.35. The number of aliphatic hydroxyl groups is 1. The van der Waals surface area contributed by atoms with Crippen LogP contribution in [0.1, 0.15) is 17.5 Å². The van der Waals surface area contributed by atoms with Crippen LogP contribution in [0.5, 0.6) is 0 Å². The van der Waals surface area contributed by atoms with Gasteiger partial charge in [0.25, 0.3) is 0 Å². The molecule has 0 aromatic heterocycles. The summed E-state index contributed by atoms with van der Waals surface area (Å²) >= 11 is 0. The zero-order chi connectivity index (χ0) is 13.7. The minimum absolute atomic E-state index is 0. The van der Waals surface area contributed by atoms with Crippen LogP contribution in [-0.4, -0.2) is 30.6 Å². The molecular weight excluding hydrogens is 270 g/mol. The van der Waals surface area contributed by atoms with Crippen molar-refractivity contribution in [2.45, 2.75) is 12.0 Å². The molecule has 0 amide bonds. The number of halogens is 1. The molecule has 108 valence electrons. The molecule has 0 fully saturated rings. The molecule has 0 radical (unpaired) electrons. The van der Waals surface area contributed by atoms with Crippen LogP contribution in [0.15, 0.2) is 60.7 Å². The molecule has 1 N–H and O–H groups in total. The van der Waals surface area contributed by atoms with Crippen molar-refractivity contribution in [2.24, 2.45) is 0 Å². The first-order chi connectivity index (χ1) is 9.13. The maximum Gasteiger partial charge on any atom is 0.116 e. The van der Waals surface area contributed by atoms with Crippen LogP contribution < -0.4 is 0 Å². The third-order valence-electron chi connectivity index (χ3n) is 3.42.